The summed E-state index contributed by atoms with van der Waals surface area (Å²) >= 11 is 0. The van der Waals surface area contributed by atoms with Crippen molar-refractivity contribution in [3.8, 4) is 0 Å². The minimum atomic E-state index is 0.104. The lowest BCUT2D eigenvalue weighted by Gasteiger charge is -2.43. The van der Waals surface area contributed by atoms with Crippen LogP contribution in [0.2, 0.25) is 0 Å². The van der Waals surface area contributed by atoms with Crippen molar-refractivity contribution < 1.29 is 4.79 Å². The highest BCUT2D eigenvalue weighted by Crippen LogP contribution is 2.33. The van der Waals surface area contributed by atoms with E-state index in [0.29, 0.717) is 23.8 Å². The molecule has 3 heteroatoms. The first-order valence-corrected chi connectivity index (χ1v) is 8.68. The van der Waals surface area contributed by atoms with Crippen molar-refractivity contribution >= 4 is 5.91 Å². The van der Waals surface area contributed by atoms with Crippen molar-refractivity contribution in [2.24, 2.45) is 17.8 Å². The van der Waals surface area contributed by atoms with Gasteiger partial charge in [0.25, 0.3) is 0 Å². The summed E-state index contributed by atoms with van der Waals surface area (Å²) in [5.74, 6) is 2.54. The van der Waals surface area contributed by atoms with Crippen LogP contribution < -0.4 is 5.32 Å². The van der Waals surface area contributed by atoms with Gasteiger partial charge in [-0.2, -0.15) is 0 Å². The van der Waals surface area contributed by atoms with Crippen LogP contribution in [0.15, 0.2) is 0 Å². The number of carbonyl (C=O) groups is 1. The number of rotatable bonds is 1. The van der Waals surface area contributed by atoms with E-state index in [4.69, 9.17) is 0 Å². The lowest BCUT2D eigenvalue weighted by molar-refractivity contribution is -0.137. The fourth-order valence-corrected chi connectivity index (χ4v) is 4.75. The monoisotopic (exact) mass is 278 g/mol. The zero-order chi connectivity index (χ0) is 14.1. The average Bonchev–Trinajstić information content (AvgIpc) is 2.45. The van der Waals surface area contributed by atoms with E-state index in [1.807, 2.05) is 0 Å². The van der Waals surface area contributed by atoms with Crippen LogP contribution in [0, 0.1) is 17.8 Å². The quantitative estimate of drug-likeness (QED) is 0.800. The van der Waals surface area contributed by atoms with Gasteiger partial charge >= 0.3 is 0 Å². The molecular weight excluding hydrogens is 248 g/mol. The molecule has 3 fully saturated rings. The van der Waals surface area contributed by atoms with Gasteiger partial charge in [-0.05, 0) is 49.9 Å². The van der Waals surface area contributed by atoms with E-state index in [1.165, 1.54) is 38.5 Å². The Balaban J connectivity index is 1.59. The van der Waals surface area contributed by atoms with Crippen molar-refractivity contribution in [2.45, 2.75) is 70.9 Å². The third-order valence-electron chi connectivity index (χ3n) is 5.63. The Morgan fingerprint density at radius 2 is 1.70 bits per heavy atom. The van der Waals surface area contributed by atoms with Crippen LogP contribution in [-0.4, -0.2) is 36.0 Å². The summed E-state index contributed by atoms with van der Waals surface area (Å²) in [5, 5.41) is 3.69. The van der Waals surface area contributed by atoms with Crippen LogP contribution in [-0.2, 0) is 4.79 Å². The van der Waals surface area contributed by atoms with Gasteiger partial charge in [0.2, 0.25) is 5.91 Å². The number of nitrogens with one attached hydrogen (secondary N) is 1. The smallest absolute Gasteiger partial charge is 0.239 e. The lowest BCUT2D eigenvalue weighted by Crippen LogP contribution is -2.57. The zero-order valence-electron chi connectivity index (χ0n) is 13.1. The molecule has 5 atom stereocenters. The summed E-state index contributed by atoms with van der Waals surface area (Å²) in [5.41, 5.74) is 0. The summed E-state index contributed by atoms with van der Waals surface area (Å²) in [6.45, 7) is 6.49. The molecule has 3 rings (SSSR count). The Hall–Kier alpha value is -0.570. The lowest BCUT2D eigenvalue weighted by atomic mass is 9.77. The topological polar surface area (TPSA) is 32.3 Å². The first kappa shape index (κ1) is 14.4. The molecule has 2 heterocycles. The largest absolute Gasteiger partial charge is 0.341 e. The molecule has 0 radical (unpaired) electrons. The number of nitrogens with zero attached hydrogens (tertiary/aromatic N) is 1. The van der Waals surface area contributed by atoms with Crippen LogP contribution in [0.1, 0.15) is 58.8 Å². The molecule has 3 aliphatic rings. The Morgan fingerprint density at radius 3 is 2.45 bits per heavy atom. The molecule has 3 nitrogen and oxygen atoms in total. The van der Waals surface area contributed by atoms with Gasteiger partial charge in [0.15, 0.2) is 0 Å². The molecule has 0 bridgehead atoms. The number of hydrogen-bond acceptors (Lipinski definition) is 2. The Morgan fingerprint density at radius 1 is 1.00 bits per heavy atom. The highest BCUT2D eigenvalue weighted by Gasteiger charge is 2.37. The molecule has 2 saturated heterocycles. The zero-order valence-corrected chi connectivity index (χ0v) is 13.1. The Labute approximate surface area is 123 Å². The highest BCUT2D eigenvalue weighted by molar-refractivity contribution is 5.82. The fraction of sp³-hybridized carbons (Fsp3) is 0.941. The third-order valence-corrected chi connectivity index (χ3v) is 5.63. The molecule has 20 heavy (non-hydrogen) atoms. The minimum absolute atomic E-state index is 0.104. The summed E-state index contributed by atoms with van der Waals surface area (Å²) in [6, 6.07) is 0.720. The van der Waals surface area contributed by atoms with Gasteiger partial charge in [0, 0.05) is 19.1 Å². The molecule has 2 aliphatic heterocycles. The predicted octanol–water partition coefficient (Wildman–Crippen LogP) is 2.80. The van der Waals surface area contributed by atoms with E-state index in [2.05, 4.69) is 24.1 Å². The Kier molecular flexibility index (Phi) is 4.34. The van der Waals surface area contributed by atoms with Gasteiger partial charge in [-0.1, -0.05) is 26.7 Å². The van der Waals surface area contributed by atoms with E-state index in [0.717, 1.165) is 25.4 Å². The maximum atomic E-state index is 12.8. The number of fused-ring (bicyclic) bond motifs is 1. The van der Waals surface area contributed by atoms with E-state index in [9.17, 15) is 4.79 Å². The number of carbonyl (C=O) groups excluding carboxylic acids is 1. The molecule has 1 aliphatic carbocycles. The van der Waals surface area contributed by atoms with Gasteiger partial charge in [0.05, 0.1) is 6.04 Å². The first-order chi connectivity index (χ1) is 9.63. The second-order valence-corrected chi connectivity index (χ2v) is 7.64. The van der Waals surface area contributed by atoms with Crippen LogP contribution in [0.4, 0.5) is 0 Å². The minimum Gasteiger partial charge on any atom is -0.341 e. The van der Waals surface area contributed by atoms with Crippen LogP contribution in [0.5, 0.6) is 0 Å². The van der Waals surface area contributed by atoms with Gasteiger partial charge in [0.1, 0.15) is 0 Å². The molecule has 0 aromatic heterocycles. The van der Waals surface area contributed by atoms with Gasteiger partial charge in [-0.15, -0.1) is 0 Å². The first-order valence-electron chi connectivity index (χ1n) is 8.68. The molecule has 5 unspecified atom stereocenters. The normalized spacial score (nSPS) is 42.1. The van der Waals surface area contributed by atoms with Gasteiger partial charge in [-0.25, -0.2) is 0 Å². The molecule has 0 aromatic rings. The Bertz CT molecular complexity index is 347. The van der Waals surface area contributed by atoms with Crippen molar-refractivity contribution in [1.29, 1.82) is 0 Å². The molecular formula is C17H30N2O. The summed E-state index contributed by atoms with van der Waals surface area (Å²) < 4.78 is 0. The number of amides is 1. The number of likely N-dealkylation sites (tertiary alicyclic amines) is 1. The van der Waals surface area contributed by atoms with E-state index in [1.54, 1.807) is 0 Å². The van der Waals surface area contributed by atoms with Gasteiger partial charge in [-0.3, -0.25) is 4.79 Å². The maximum Gasteiger partial charge on any atom is 0.239 e. The van der Waals surface area contributed by atoms with Crippen LogP contribution >= 0.6 is 0 Å². The number of piperidine rings is 2. The summed E-state index contributed by atoms with van der Waals surface area (Å²) in [6.07, 6.45) is 8.96. The maximum absolute atomic E-state index is 12.8. The predicted molar refractivity (Wildman–Crippen MR) is 81.4 cm³/mol. The van der Waals surface area contributed by atoms with Crippen LogP contribution in [0.25, 0.3) is 0 Å². The SMILES string of the molecule is CC1CC(C)CN(C(=O)C2CCC3CCCCC3N2)C1. The molecule has 1 N–H and O–H groups in total. The second kappa shape index (κ2) is 6.05. The fourth-order valence-electron chi connectivity index (χ4n) is 4.75. The standard InChI is InChI=1S/C17H30N2O/c1-12-9-13(2)11-19(10-12)17(20)16-8-7-14-5-3-4-6-15(14)18-16/h12-16,18H,3-11H2,1-2H3. The highest BCUT2D eigenvalue weighted by atomic mass is 16.2. The van der Waals surface area contributed by atoms with Crippen LogP contribution in [0.3, 0.4) is 0 Å². The third kappa shape index (κ3) is 3.03. The van der Waals surface area contributed by atoms with Crippen molar-refractivity contribution in [1.82, 2.24) is 10.2 Å². The molecule has 114 valence electrons. The average molecular weight is 278 g/mol. The van der Waals surface area contributed by atoms with E-state index < -0.39 is 0 Å². The number of hydrogen-bond donors (Lipinski definition) is 1. The van der Waals surface area contributed by atoms with E-state index in [-0.39, 0.29) is 6.04 Å². The molecule has 0 aromatic carbocycles. The molecule has 1 saturated carbocycles. The van der Waals surface area contributed by atoms with Gasteiger partial charge < -0.3 is 10.2 Å². The second-order valence-electron chi connectivity index (χ2n) is 7.64. The molecule has 0 spiro atoms. The summed E-state index contributed by atoms with van der Waals surface area (Å²) in [7, 11) is 0. The molecule has 1 amide bonds. The summed E-state index contributed by atoms with van der Waals surface area (Å²) in [4.78, 5) is 14.9. The van der Waals surface area contributed by atoms with E-state index >= 15 is 0 Å². The van der Waals surface area contributed by atoms with Crippen molar-refractivity contribution in [2.75, 3.05) is 13.1 Å². The van der Waals surface area contributed by atoms with Crippen molar-refractivity contribution in [3.63, 3.8) is 0 Å². The van der Waals surface area contributed by atoms with Crippen molar-refractivity contribution in [3.05, 3.63) is 0 Å².